The maximum Gasteiger partial charge on any atom is 0.310 e. The van der Waals surface area contributed by atoms with Gasteiger partial charge in [0.2, 0.25) is 0 Å². The number of carbonyl (C=O) groups is 1. The number of pyridine rings is 1. The van der Waals surface area contributed by atoms with Gasteiger partial charge in [-0.05, 0) is 0 Å². The Morgan fingerprint density at radius 1 is 1.71 bits per heavy atom. The van der Waals surface area contributed by atoms with Gasteiger partial charge in [0, 0.05) is 11.8 Å². The third-order valence-electron chi connectivity index (χ3n) is 1.76. The summed E-state index contributed by atoms with van der Waals surface area (Å²) < 4.78 is 4.48. The van der Waals surface area contributed by atoms with Crippen LogP contribution in [0.15, 0.2) is 12.4 Å². The molecule has 0 radical (unpaired) electrons. The van der Waals surface area contributed by atoms with Crippen LogP contribution in [0.4, 0.5) is 5.69 Å². The molecule has 1 heterocycles. The molecule has 1 rings (SSSR count). The minimum Gasteiger partial charge on any atom is -0.469 e. The third kappa shape index (κ3) is 1.98. The van der Waals surface area contributed by atoms with E-state index in [2.05, 4.69) is 9.72 Å². The van der Waals surface area contributed by atoms with Crippen molar-refractivity contribution >= 4 is 11.7 Å². The lowest BCUT2D eigenvalue weighted by molar-refractivity contribution is -0.139. The third-order valence-corrected chi connectivity index (χ3v) is 1.76. The molecule has 0 aliphatic heterocycles. The highest BCUT2D eigenvalue weighted by Crippen LogP contribution is 2.15. The molecule has 5 heteroatoms. The van der Waals surface area contributed by atoms with Crippen LogP contribution in [0.2, 0.25) is 0 Å². The van der Waals surface area contributed by atoms with Crippen molar-refractivity contribution in [2.75, 3.05) is 12.8 Å². The van der Waals surface area contributed by atoms with Crippen molar-refractivity contribution in [2.24, 2.45) is 0 Å². The molecule has 0 fully saturated rings. The van der Waals surface area contributed by atoms with Crippen LogP contribution < -0.4 is 5.73 Å². The van der Waals surface area contributed by atoms with Crippen LogP contribution in [-0.4, -0.2) is 18.1 Å². The first-order chi connectivity index (χ1) is 6.69. The van der Waals surface area contributed by atoms with Gasteiger partial charge in [-0.15, -0.1) is 0 Å². The molecule has 0 amide bonds. The molecule has 0 aromatic carbocycles. The van der Waals surface area contributed by atoms with Crippen molar-refractivity contribution in [2.45, 2.75) is 6.42 Å². The lowest BCUT2D eigenvalue weighted by atomic mass is 10.1. The highest BCUT2D eigenvalue weighted by Gasteiger charge is 2.11. The van der Waals surface area contributed by atoms with Gasteiger partial charge >= 0.3 is 5.97 Å². The van der Waals surface area contributed by atoms with E-state index in [0.717, 1.165) is 0 Å². The Bertz CT molecular complexity index is 396. The summed E-state index contributed by atoms with van der Waals surface area (Å²) in [6.45, 7) is 0. The Morgan fingerprint density at radius 2 is 2.43 bits per heavy atom. The molecule has 1 aromatic heterocycles. The maximum atomic E-state index is 11.0. The molecule has 0 bridgehead atoms. The molecule has 0 atom stereocenters. The number of nitriles is 1. The number of nitrogens with two attached hydrogens (primary N) is 1. The molecular weight excluding hydrogens is 182 g/mol. The molecule has 5 nitrogen and oxygen atoms in total. The molecule has 0 saturated heterocycles. The average Bonchev–Trinajstić information content (AvgIpc) is 2.20. The topological polar surface area (TPSA) is 89.0 Å². The van der Waals surface area contributed by atoms with Gasteiger partial charge < -0.3 is 10.5 Å². The Labute approximate surface area is 81.1 Å². The summed E-state index contributed by atoms with van der Waals surface area (Å²) in [5.41, 5.74) is 6.68. The zero-order valence-corrected chi connectivity index (χ0v) is 7.65. The van der Waals surface area contributed by atoms with Crippen LogP contribution in [0.1, 0.15) is 11.1 Å². The van der Waals surface area contributed by atoms with E-state index in [1.54, 1.807) is 0 Å². The molecule has 14 heavy (non-hydrogen) atoms. The van der Waals surface area contributed by atoms with Gasteiger partial charge in [0.1, 0.15) is 6.07 Å². The number of aromatic nitrogens is 1. The fourth-order valence-corrected chi connectivity index (χ4v) is 1.01. The number of carbonyl (C=O) groups excluding carboxylic acids is 1. The summed E-state index contributed by atoms with van der Waals surface area (Å²) in [6, 6.07) is 1.92. The summed E-state index contributed by atoms with van der Waals surface area (Å²) in [7, 11) is 1.28. The number of esters is 1. The van der Waals surface area contributed by atoms with Crippen LogP contribution in [-0.2, 0) is 16.0 Å². The fraction of sp³-hybridized carbons (Fsp3) is 0.222. The molecule has 0 unspecified atom stereocenters. The summed E-state index contributed by atoms with van der Waals surface area (Å²) in [5, 5.41) is 8.73. The fourth-order valence-electron chi connectivity index (χ4n) is 1.01. The first-order valence-corrected chi connectivity index (χ1v) is 3.88. The van der Waals surface area contributed by atoms with Gasteiger partial charge in [-0.3, -0.25) is 9.78 Å². The molecule has 0 saturated carbocycles. The molecule has 0 aliphatic carbocycles. The van der Waals surface area contributed by atoms with Gasteiger partial charge in [0.25, 0.3) is 0 Å². The van der Waals surface area contributed by atoms with E-state index in [0.29, 0.717) is 16.8 Å². The quantitative estimate of drug-likeness (QED) is 0.677. The van der Waals surface area contributed by atoms with E-state index in [-0.39, 0.29) is 6.42 Å². The Balaban J connectivity index is 3.06. The second kappa shape index (κ2) is 4.23. The van der Waals surface area contributed by atoms with E-state index < -0.39 is 5.97 Å². The zero-order valence-electron chi connectivity index (χ0n) is 7.65. The van der Waals surface area contributed by atoms with Gasteiger partial charge in [0.05, 0.1) is 31.0 Å². The van der Waals surface area contributed by atoms with E-state index in [1.165, 1.54) is 19.5 Å². The summed E-state index contributed by atoms with van der Waals surface area (Å²) in [4.78, 5) is 14.7. The molecule has 72 valence electrons. The Morgan fingerprint density at radius 3 is 3.00 bits per heavy atom. The predicted octanol–water partition coefficient (Wildman–Crippen LogP) is 0.251. The highest BCUT2D eigenvalue weighted by atomic mass is 16.5. The zero-order chi connectivity index (χ0) is 10.6. The van der Waals surface area contributed by atoms with E-state index in [4.69, 9.17) is 11.0 Å². The second-order valence-electron chi connectivity index (χ2n) is 2.62. The largest absolute Gasteiger partial charge is 0.469 e. The number of nitrogens with zero attached hydrogens (tertiary/aromatic N) is 2. The van der Waals surface area contributed by atoms with E-state index >= 15 is 0 Å². The van der Waals surface area contributed by atoms with Crippen LogP contribution in [0.3, 0.4) is 0 Å². The molecular formula is C9H9N3O2. The number of rotatable bonds is 2. The Hall–Kier alpha value is -2.09. The smallest absolute Gasteiger partial charge is 0.310 e. The first-order valence-electron chi connectivity index (χ1n) is 3.88. The molecule has 1 aromatic rings. The van der Waals surface area contributed by atoms with Gasteiger partial charge in [0.15, 0.2) is 0 Å². The lowest BCUT2D eigenvalue weighted by Gasteiger charge is -2.04. The van der Waals surface area contributed by atoms with Crippen LogP contribution >= 0.6 is 0 Å². The second-order valence-corrected chi connectivity index (χ2v) is 2.62. The predicted molar refractivity (Wildman–Crippen MR) is 49.1 cm³/mol. The number of hydrogen-bond acceptors (Lipinski definition) is 5. The van der Waals surface area contributed by atoms with Gasteiger partial charge in [-0.1, -0.05) is 0 Å². The van der Waals surface area contributed by atoms with Crippen molar-refractivity contribution in [3.63, 3.8) is 0 Å². The number of methoxy groups -OCH3 is 1. The van der Waals surface area contributed by atoms with Crippen molar-refractivity contribution in [3.05, 3.63) is 23.5 Å². The van der Waals surface area contributed by atoms with Crippen molar-refractivity contribution < 1.29 is 9.53 Å². The van der Waals surface area contributed by atoms with Crippen LogP contribution in [0.5, 0.6) is 0 Å². The molecule has 2 N–H and O–H groups in total. The van der Waals surface area contributed by atoms with Crippen molar-refractivity contribution in [3.8, 4) is 6.07 Å². The maximum absolute atomic E-state index is 11.0. The SMILES string of the molecule is COC(=O)Cc1c(N)cncc1C#N. The van der Waals surface area contributed by atoms with E-state index in [9.17, 15) is 4.79 Å². The average molecular weight is 191 g/mol. The summed E-state index contributed by atoms with van der Waals surface area (Å²) in [6.07, 6.45) is 2.77. The number of hydrogen-bond donors (Lipinski definition) is 1. The van der Waals surface area contributed by atoms with Crippen LogP contribution in [0.25, 0.3) is 0 Å². The van der Waals surface area contributed by atoms with Gasteiger partial charge in [-0.2, -0.15) is 5.26 Å². The summed E-state index contributed by atoms with van der Waals surface area (Å²) in [5.74, 6) is -0.431. The minimum atomic E-state index is -0.431. The first kappa shape index (κ1) is 9.99. The molecule has 0 spiro atoms. The van der Waals surface area contributed by atoms with Crippen molar-refractivity contribution in [1.82, 2.24) is 4.98 Å². The van der Waals surface area contributed by atoms with Crippen molar-refractivity contribution in [1.29, 1.82) is 5.26 Å². The normalized spacial score (nSPS) is 9.14. The highest BCUT2D eigenvalue weighted by molar-refractivity contribution is 5.76. The van der Waals surface area contributed by atoms with Gasteiger partial charge in [-0.25, -0.2) is 0 Å². The Kier molecular flexibility index (Phi) is 3.02. The number of nitrogen functional groups attached to an aromatic ring is 1. The standard InChI is InChI=1S/C9H9N3O2/c1-14-9(13)2-7-6(3-10)4-12-5-8(7)11/h4-5H,2,11H2,1H3. The minimum absolute atomic E-state index is 0.00620. The van der Waals surface area contributed by atoms with E-state index in [1.807, 2.05) is 6.07 Å². The monoisotopic (exact) mass is 191 g/mol. The summed E-state index contributed by atoms with van der Waals surface area (Å²) >= 11 is 0. The number of anilines is 1. The van der Waals surface area contributed by atoms with Crippen LogP contribution in [0, 0.1) is 11.3 Å². The lowest BCUT2D eigenvalue weighted by Crippen LogP contribution is -2.09. The number of ether oxygens (including phenoxy) is 1. The molecule has 0 aliphatic rings.